The van der Waals surface area contributed by atoms with Gasteiger partial charge in [0.25, 0.3) is 0 Å². The average Bonchev–Trinajstić information content (AvgIpc) is 3.35. The molecular weight excluding hydrogens is 544 g/mol. The molecule has 0 amide bonds. The van der Waals surface area contributed by atoms with E-state index >= 15 is 0 Å². The average molecular weight is 573 g/mol. The standard InChI is InChI=1S/C32H28O10/c1-30(2)25(40-30)15-36-29-18-7-10-32(39-24(18)14-22-20(29)9-12-35-22)41-26(31(3,4)42-32)16-37-28-17-5-6-27(33)38-23(17)13-21-19(28)8-11-34-21/h5-14,25-26H,15-16H2,1-4H3/t25-,26-,32+/m1/s1. The molecule has 0 aliphatic carbocycles. The van der Waals surface area contributed by atoms with Gasteiger partial charge >= 0.3 is 11.6 Å². The number of epoxide rings is 1. The summed E-state index contributed by atoms with van der Waals surface area (Å²) in [7, 11) is 0. The molecule has 0 N–H and O–H groups in total. The predicted molar refractivity (Wildman–Crippen MR) is 151 cm³/mol. The molecule has 6 heterocycles. The van der Waals surface area contributed by atoms with Crippen molar-refractivity contribution in [3.8, 4) is 17.2 Å². The van der Waals surface area contributed by atoms with Gasteiger partial charge in [0, 0.05) is 24.3 Å². The van der Waals surface area contributed by atoms with Crippen LogP contribution < -0.4 is 19.8 Å². The van der Waals surface area contributed by atoms with Crippen molar-refractivity contribution in [2.24, 2.45) is 0 Å². The van der Waals surface area contributed by atoms with E-state index in [1.54, 1.807) is 30.7 Å². The van der Waals surface area contributed by atoms with Gasteiger partial charge in [0.1, 0.15) is 59.4 Å². The Morgan fingerprint density at radius 3 is 2.14 bits per heavy atom. The minimum atomic E-state index is -1.49. The van der Waals surface area contributed by atoms with Gasteiger partial charge in [-0.05, 0) is 52.0 Å². The first kappa shape index (κ1) is 25.5. The highest BCUT2D eigenvalue weighted by Crippen LogP contribution is 2.48. The fourth-order valence-corrected chi connectivity index (χ4v) is 5.65. The summed E-state index contributed by atoms with van der Waals surface area (Å²) in [5.74, 6) is 0.195. The quantitative estimate of drug-likeness (QED) is 0.173. The van der Waals surface area contributed by atoms with Crippen LogP contribution in [0, 0.1) is 0 Å². The number of rotatable bonds is 6. The summed E-state index contributed by atoms with van der Waals surface area (Å²) in [5.41, 5.74) is 0.845. The van der Waals surface area contributed by atoms with Gasteiger partial charge in [-0.2, -0.15) is 0 Å². The Bertz CT molecular complexity index is 1960. The Balaban J connectivity index is 1.08. The van der Waals surface area contributed by atoms with Crippen LogP contribution >= 0.6 is 0 Å². The molecule has 3 aliphatic heterocycles. The van der Waals surface area contributed by atoms with Gasteiger partial charge in [-0.25, -0.2) is 4.79 Å². The van der Waals surface area contributed by atoms with Crippen molar-refractivity contribution in [1.82, 2.24) is 0 Å². The number of hydrogen-bond donors (Lipinski definition) is 0. The van der Waals surface area contributed by atoms with Crippen LogP contribution in [0.5, 0.6) is 17.2 Å². The number of furan rings is 2. The van der Waals surface area contributed by atoms with E-state index in [9.17, 15) is 4.79 Å². The van der Waals surface area contributed by atoms with Crippen molar-refractivity contribution in [1.29, 1.82) is 0 Å². The van der Waals surface area contributed by atoms with Crippen LogP contribution in [0.15, 0.2) is 73.0 Å². The fraction of sp³-hybridized carbons (Fsp3) is 0.344. The lowest BCUT2D eigenvalue weighted by Crippen LogP contribution is -2.39. The number of benzene rings is 2. The molecule has 0 saturated carbocycles. The lowest BCUT2D eigenvalue weighted by atomic mass is 10.0. The molecule has 10 nitrogen and oxygen atoms in total. The summed E-state index contributed by atoms with van der Waals surface area (Å²) in [6, 6.07) is 10.2. The van der Waals surface area contributed by atoms with E-state index in [2.05, 4.69) is 0 Å². The van der Waals surface area contributed by atoms with E-state index in [0.717, 1.165) is 16.3 Å². The van der Waals surface area contributed by atoms with E-state index < -0.39 is 23.3 Å². The van der Waals surface area contributed by atoms with Gasteiger partial charge in [0.05, 0.1) is 45.5 Å². The Labute approximate surface area is 239 Å². The summed E-state index contributed by atoms with van der Waals surface area (Å²) in [4.78, 5) is 11.8. The van der Waals surface area contributed by atoms with Gasteiger partial charge in [0.15, 0.2) is 0 Å². The fourth-order valence-electron chi connectivity index (χ4n) is 5.65. The van der Waals surface area contributed by atoms with Crippen molar-refractivity contribution >= 4 is 39.0 Å². The summed E-state index contributed by atoms with van der Waals surface area (Å²) in [6.45, 7) is 8.44. The van der Waals surface area contributed by atoms with Crippen molar-refractivity contribution in [2.75, 3.05) is 13.2 Å². The molecule has 8 rings (SSSR count). The lowest BCUT2D eigenvalue weighted by Gasteiger charge is -2.30. The van der Waals surface area contributed by atoms with Gasteiger partial charge in [-0.3, -0.25) is 0 Å². The number of ether oxygens (including phenoxy) is 6. The maximum absolute atomic E-state index is 11.8. The van der Waals surface area contributed by atoms with Crippen molar-refractivity contribution in [3.05, 3.63) is 71.0 Å². The highest BCUT2D eigenvalue weighted by atomic mass is 16.9. The highest BCUT2D eigenvalue weighted by molar-refractivity contribution is 6.01. The summed E-state index contributed by atoms with van der Waals surface area (Å²) < 4.78 is 54.2. The molecule has 42 heavy (non-hydrogen) atoms. The molecule has 0 radical (unpaired) electrons. The van der Waals surface area contributed by atoms with Crippen molar-refractivity contribution in [2.45, 2.75) is 57.1 Å². The van der Waals surface area contributed by atoms with Gasteiger partial charge < -0.3 is 41.7 Å². The topological polar surface area (TPSA) is 115 Å². The second-order valence-electron chi connectivity index (χ2n) is 11.8. The molecule has 2 fully saturated rings. The molecule has 3 aromatic heterocycles. The molecule has 3 aliphatic rings. The van der Waals surface area contributed by atoms with E-state index in [-0.39, 0.29) is 18.3 Å². The third-order valence-corrected chi connectivity index (χ3v) is 8.14. The van der Waals surface area contributed by atoms with Crippen LogP contribution in [0.4, 0.5) is 0 Å². The lowest BCUT2D eigenvalue weighted by molar-refractivity contribution is -0.271. The maximum Gasteiger partial charge on any atom is 0.350 e. The normalized spacial score (nSPS) is 25.2. The SMILES string of the molecule is CC1(C)O[C@@H]1COc1c2c(cc3occc13)O[C@@]1(C=C2)O[C@H](COc2c3ccoc3cc3oc(=O)ccc23)C(C)(C)O1. The first-order valence-electron chi connectivity index (χ1n) is 13.8. The molecule has 1 spiro atoms. The van der Waals surface area contributed by atoms with Gasteiger partial charge in [-0.15, -0.1) is 0 Å². The minimum Gasteiger partial charge on any atom is -0.489 e. The third-order valence-electron chi connectivity index (χ3n) is 8.14. The molecule has 216 valence electrons. The molecule has 2 aromatic carbocycles. The second kappa shape index (κ2) is 8.64. The van der Waals surface area contributed by atoms with Crippen LogP contribution in [0.25, 0.3) is 39.0 Å². The Morgan fingerprint density at radius 2 is 1.40 bits per heavy atom. The first-order chi connectivity index (χ1) is 20.1. The summed E-state index contributed by atoms with van der Waals surface area (Å²) in [6.07, 6.45) is 6.30. The molecule has 3 atom stereocenters. The number of fused-ring (bicyclic) bond motifs is 4. The number of hydrogen-bond acceptors (Lipinski definition) is 10. The first-order valence-corrected chi connectivity index (χ1v) is 13.8. The van der Waals surface area contributed by atoms with E-state index in [4.69, 9.17) is 41.7 Å². The largest absolute Gasteiger partial charge is 0.489 e. The Morgan fingerprint density at radius 1 is 0.762 bits per heavy atom. The van der Waals surface area contributed by atoms with E-state index in [1.807, 2.05) is 52.0 Å². The van der Waals surface area contributed by atoms with Crippen molar-refractivity contribution in [3.63, 3.8) is 0 Å². The second-order valence-corrected chi connectivity index (χ2v) is 11.8. The molecular formula is C32H28O10. The highest BCUT2D eigenvalue weighted by Gasteiger charge is 2.55. The van der Waals surface area contributed by atoms with Crippen molar-refractivity contribution < 1.29 is 41.7 Å². The molecule has 2 saturated heterocycles. The van der Waals surface area contributed by atoms with Crippen LogP contribution in [0.1, 0.15) is 33.3 Å². The summed E-state index contributed by atoms with van der Waals surface area (Å²) in [5, 5.41) is 2.24. The zero-order chi connectivity index (χ0) is 28.9. The smallest absolute Gasteiger partial charge is 0.350 e. The third kappa shape index (κ3) is 4.01. The monoisotopic (exact) mass is 572 g/mol. The molecule has 5 aromatic rings. The molecule has 10 heteroatoms. The minimum absolute atomic E-state index is 0.0132. The maximum atomic E-state index is 11.8. The zero-order valence-electron chi connectivity index (χ0n) is 23.4. The summed E-state index contributed by atoms with van der Waals surface area (Å²) >= 11 is 0. The zero-order valence-corrected chi connectivity index (χ0v) is 23.4. The molecule has 0 unspecified atom stereocenters. The Hall–Kier alpha value is -4.25. The van der Waals surface area contributed by atoms with Crippen LogP contribution in [0.3, 0.4) is 0 Å². The van der Waals surface area contributed by atoms with E-state index in [0.29, 0.717) is 46.0 Å². The predicted octanol–water partition coefficient (Wildman–Crippen LogP) is 6.17. The van der Waals surface area contributed by atoms with Crippen LogP contribution in [0.2, 0.25) is 0 Å². The molecule has 0 bridgehead atoms. The van der Waals surface area contributed by atoms with Gasteiger partial charge in [0.2, 0.25) is 0 Å². The van der Waals surface area contributed by atoms with E-state index in [1.165, 1.54) is 6.07 Å². The van der Waals surface area contributed by atoms with Crippen LogP contribution in [-0.4, -0.2) is 42.6 Å². The van der Waals surface area contributed by atoms with Crippen LogP contribution in [-0.2, 0) is 14.2 Å². The Kier molecular flexibility index (Phi) is 5.23. The van der Waals surface area contributed by atoms with Gasteiger partial charge in [-0.1, -0.05) is 0 Å².